The lowest BCUT2D eigenvalue weighted by atomic mass is 9.69. The number of carboxylic acid groups (broad SMARTS) is 1. The third-order valence-electron chi connectivity index (χ3n) is 4.98. The Hall–Kier alpha value is -1.84. The number of carbonyl (C=O) groups excluding carboxylic acids is 1. The Bertz CT molecular complexity index is 530. The highest BCUT2D eigenvalue weighted by molar-refractivity contribution is 5.87. The summed E-state index contributed by atoms with van der Waals surface area (Å²) in [6, 6.07) is 10.4. The van der Waals surface area contributed by atoms with E-state index >= 15 is 0 Å². The molecule has 2 N–H and O–H groups in total. The highest BCUT2D eigenvalue weighted by Gasteiger charge is 2.46. The van der Waals surface area contributed by atoms with Gasteiger partial charge in [-0.1, -0.05) is 30.3 Å². The number of rotatable bonds is 5. The number of hydrogen-bond acceptors (Lipinski definition) is 2. The lowest BCUT2D eigenvalue weighted by molar-refractivity contribution is -0.152. The molecule has 0 unspecified atom stereocenters. The van der Waals surface area contributed by atoms with E-state index in [1.54, 1.807) is 0 Å². The van der Waals surface area contributed by atoms with Crippen LogP contribution >= 0.6 is 0 Å². The molecule has 1 amide bonds. The zero-order chi connectivity index (χ0) is 14.9. The Morgan fingerprint density at radius 1 is 1.19 bits per heavy atom. The molecule has 0 saturated heterocycles. The normalized spacial score (nSPS) is 26.3. The number of amides is 1. The monoisotopic (exact) mass is 287 g/mol. The van der Waals surface area contributed by atoms with Crippen LogP contribution in [-0.4, -0.2) is 22.5 Å². The van der Waals surface area contributed by atoms with Crippen LogP contribution in [0, 0.1) is 5.92 Å². The molecule has 0 atom stereocenters. The van der Waals surface area contributed by atoms with Crippen molar-refractivity contribution in [2.45, 2.75) is 50.0 Å². The minimum absolute atomic E-state index is 0.103. The number of nitrogens with one attached hydrogen (secondary N) is 1. The third-order valence-corrected chi connectivity index (χ3v) is 4.98. The number of hydrogen-bond donors (Lipinski definition) is 2. The van der Waals surface area contributed by atoms with Gasteiger partial charge in [-0.25, -0.2) is 4.79 Å². The first kappa shape index (κ1) is 14.1. The molecule has 21 heavy (non-hydrogen) atoms. The van der Waals surface area contributed by atoms with Crippen molar-refractivity contribution in [3.63, 3.8) is 0 Å². The molecule has 1 aromatic carbocycles. The zero-order valence-electron chi connectivity index (χ0n) is 12.0. The van der Waals surface area contributed by atoms with Crippen molar-refractivity contribution in [1.82, 2.24) is 5.32 Å². The molecular formula is C17H21NO3. The summed E-state index contributed by atoms with van der Waals surface area (Å²) in [5.74, 6) is -0.0475. The van der Waals surface area contributed by atoms with Crippen molar-refractivity contribution in [2.75, 3.05) is 0 Å². The largest absolute Gasteiger partial charge is 0.480 e. The van der Waals surface area contributed by atoms with Crippen LogP contribution in [0.1, 0.15) is 50.0 Å². The van der Waals surface area contributed by atoms with E-state index in [1.165, 1.54) is 5.56 Å². The van der Waals surface area contributed by atoms with Gasteiger partial charge in [-0.3, -0.25) is 4.79 Å². The molecule has 112 valence electrons. The highest BCUT2D eigenvalue weighted by Crippen LogP contribution is 2.43. The van der Waals surface area contributed by atoms with Crippen molar-refractivity contribution < 1.29 is 14.7 Å². The Labute approximate surface area is 124 Å². The van der Waals surface area contributed by atoms with Crippen LogP contribution in [0.15, 0.2) is 30.3 Å². The number of carbonyl (C=O) groups is 2. The van der Waals surface area contributed by atoms with Crippen LogP contribution in [-0.2, 0) is 9.59 Å². The maximum atomic E-state index is 12.0. The fraction of sp³-hybridized carbons (Fsp3) is 0.529. The summed E-state index contributed by atoms with van der Waals surface area (Å²) in [6.45, 7) is 0. The molecule has 0 heterocycles. The van der Waals surface area contributed by atoms with Crippen molar-refractivity contribution in [1.29, 1.82) is 0 Å². The van der Waals surface area contributed by atoms with Crippen LogP contribution in [0.5, 0.6) is 0 Å². The standard InChI is InChI=1S/C17H21NO3/c19-15(18-17(16(20)21)7-4-8-17)11-12-9-14(10-12)13-5-2-1-3-6-13/h1-3,5-6,12,14H,4,7-11H2,(H,18,19)(H,20,21). The van der Waals surface area contributed by atoms with E-state index in [4.69, 9.17) is 0 Å². The van der Waals surface area contributed by atoms with Crippen LogP contribution in [0.3, 0.4) is 0 Å². The molecule has 2 fully saturated rings. The first-order valence-corrected chi connectivity index (χ1v) is 7.68. The van der Waals surface area contributed by atoms with Crippen molar-refractivity contribution >= 4 is 11.9 Å². The van der Waals surface area contributed by atoms with Gasteiger partial charge < -0.3 is 10.4 Å². The Morgan fingerprint density at radius 3 is 2.38 bits per heavy atom. The molecule has 2 aliphatic rings. The van der Waals surface area contributed by atoms with Gasteiger partial charge in [-0.05, 0) is 49.5 Å². The molecular weight excluding hydrogens is 266 g/mol. The average molecular weight is 287 g/mol. The van der Waals surface area contributed by atoms with E-state index in [1.807, 2.05) is 18.2 Å². The van der Waals surface area contributed by atoms with Gasteiger partial charge in [-0.2, -0.15) is 0 Å². The lowest BCUT2D eigenvalue weighted by Gasteiger charge is -2.40. The van der Waals surface area contributed by atoms with E-state index in [0.29, 0.717) is 31.1 Å². The zero-order valence-corrected chi connectivity index (χ0v) is 12.0. The fourth-order valence-corrected chi connectivity index (χ4v) is 3.40. The van der Waals surface area contributed by atoms with Crippen LogP contribution < -0.4 is 5.32 Å². The van der Waals surface area contributed by atoms with Crippen LogP contribution in [0.25, 0.3) is 0 Å². The second-order valence-electron chi connectivity index (χ2n) is 6.44. The molecule has 0 aromatic heterocycles. The van der Waals surface area contributed by atoms with Gasteiger partial charge in [0.25, 0.3) is 0 Å². The first-order valence-electron chi connectivity index (χ1n) is 7.68. The molecule has 0 bridgehead atoms. The molecule has 4 nitrogen and oxygen atoms in total. The van der Waals surface area contributed by atoms with Crippen molar-refractivity contribution in [3.8, 4) is 0 Å². The van der Waals surface area contributed by atoms with Gasteiger partial charge in [0.2, 0.25) is 5.91 Å². The third kappa shape index (κ3) is 2.80. The topological polar surface area (TPSA) is 66.4 Å². The second kappa shape index (κ2) is 5.51. The maximum absolute atomic E-state index is 12.0. The van der Waals surface area contributed by atoms with Gasteiger partial charge >= 0.3 is 5.97 Å². The Morgan fingerprint density at radius 2 is 1.86 bits per heavy atom. The Kier molecular flexibility index (Phi) is 3.70. The Balaban J connectivity index is 1.46. The average Bonchev–Trinajstić information content (AvgIpc) is 2.38. The summed E-state index contributed by atoms with van der Waals surface area (Å²) in [5, 5.41) is 12.0. The van der Waals surface area contributed by atoms with Gasteiger partial charge in [0.15, 0.2) is 0 Å². The van der Waals surface area contributed by atoms with E-state index in [0.717, 1.165) is 19.3 Å². The summed E-state index contributed by atoms with van der Waals surface area (Å²) in [4.78, 5) is 23.3. The SMILES string of the molecule is O=C(CC1CC(c2ccccc2)C1)NC1(C(=O)O)CCC1. The first-order chi connectivity index (χ1) is 10.1. The van der Waals surface area contributed by atoms with Crippen LogP contribution in [0.4, 0.5) is 0 Å². The molecule has 0 spiro atoms. The summed E-state index contributed by atoms with van der Waals surface area (Å²) in [7, 11) is 0. The number of carboxylic acids is 1. The molecule has 2 aliphatic carbocycles. The second-order valence-corrected chi connectivity index (χ2v) is 6.44. The molecule has 0 aliphatic heterocycles. The molecule has 3 rings (SSSR count). The van der Waals surface area contributed by atoms with Crippen LogP contribution in [0.2, 0.25) is 0 Å². The van der Waals surface area contributed by atoms with Gasteiger partial charge in [-0.15, -0.1) is 0 Å². The predicted octanol–water partition coefficient (Wildman–Crippen LogP) is 2.69. The maximum Gasteiger partial charge on any atom is 0.329 e. The van der Waals surface area contributed by atoms with E-state index in [2.05, 4.69) is 17.4 Å². The lowest BCUT2D eigenvalue weighted by Crippen LogP contribution is -2.59. The van der Waals surface area contributed by atoms with Gasteiger partial charge in [0.1, 0.15) is 5.54 Å². The summed E-state index contributed by atoms with van der Waals surface area (Å²) >= 11 is 0. The number of benzene rings is 1. The summed E-state index contributed by atoms with van der Waals surface area (Å²) in [6.07, 6.45) is 4.51. The minimum atomic E-state index is -0.973. The number of aliphatic carboxylic acids is 1. The summed E-state index contributed by atoms with van der Waals surface area (Å²) in [5.41, 5.74) is 0.370. The van der Waals surface area contributed by atoms with Crippen molar-refractivity contribution in [3.05, 3.63) is 35.9 Å². The van der Waals surface area contributed by atoms with E-state index in [9.17, 15) is 14.7 Å². The van der Waals surface area contributed by atoms with Gasteiger partial charge in [0.05, 0.1) is 0 Å². The summed E-state index contributed by atoms with van der Waals surface area (Å²) < 4.78 is 0. The molecule has 4 heteroatoms. The molecule has 0 radical (unpaired) electrons. The van der Waals surface area contributed by atoms with Crippen molar-refractivity contribution in [2.24, 2.45) is 5.92 Å². The van der Waals surface area contributed by atoms with E-state index in [-0.39, 0.29) is 5.91 Å². The molecule has 2 saturated carbocycles. The quantitative estimate of drug-likeness (QED) is 0.875. The molecule has 1 aromatic rings. The smallest absolute Gasteiger partial charge is 0.329 e. The van der Waals surface area contributed by atoms with Gasteiger partial charge in [0, 0.05) is 6.42 Å². The van der Waals surface area contributed by atoms with E-state index < -0.39 is 11.5 Å². The predicted molar refractivity (Wildman–Crippen MR) is 78.9 cm³/mol. The fourth-order valence-electron chi connectivity index (χ4n) is 3.40. The minimum Gasteiger partial charge on any atom is -0.480 e. The highest BCUT2D eigenvalue weighted by atomic mass is 16.4.